The fraction of sp³-hybridized carbons (Fsp3) is 0.235. The van der Waals surface area contributed by atoms with Gasteiger partial charge in [-0.2, -0.15) is 13.2 Å². The highest BCUT2D eigenvalue weighted by Gasteiger charge is 2.30. The Bertz CT molecular complexity index is 699. The number of carbonyl (C=O) groups is 1. The first-order chi connectivity index (χ1) is 11.3. The fourth-order valence-electron chi connectivity index (χ4n) is 2.07. The molecule has 128 valence electrons. The quantitative estimate of drug-likeness (QED) is 0.880. The van der Waals surface area contributed by atoms with Crippen LogP contribution in [0.4, 0.5) is 13.2 Å². The topological polar surface area (TPSA) is 58.6 Å². The SMILES string of the molecule is COc1cccc(C(O)CNC(=O)c2ccc(C(F)(F)F)cc2)c1. The molecule has 0 fully saturated rings. The van der Waals surface area contributed by atoms with Crippen molar-refractivity contribution in [3.05, 3.63) is 65.2 Å². The zero-order valence-corrected chi connectivity index (χ0v) is 12.8. The number of amides is 1. The Hall–Kier alpha value is -2.54. The van der Waals surface area contributed by atoms with Crippen LogP contribution >= 0.6 is 0 Å². The van der Waals surface area contributed by atoms with Gasteiger partial charge >= 0.3 is 6.18 Å². The fourth-order valence-corrected chi connectivity index (χ4v) is 2.07. The minimum absolute atomic E-state index is 0.0764. The Balaban J connectivity index is 1.97. The first-order valence-corrected chi connectivity index (χ1v) is 7.08. The van der Waals surface area contributed by atoms with Gasteiger partial charge in [0.25, 0.3) is 5.91 Å². The summed E-state index contributed by atoms with van der Waals surface area (Å²) in [5.41, 5.74) is -0.182. The summed E-state index contributed by atoms with van der Waals surface area (Å²) >= 11 is 0. The number of alkyl halides is 3. The maximum atomic E-state index is 12.5. The van der Waals surface area contributed by atoms with E-state index in [1.165, 1.54) is 7.11 Å². The molecule has 1 atom stereocenters. The molecule has 0 spiro atoms. The summed E-state index contributed by atoms with van der Waals surface area (Å²) in [6.45, 7) is -0.0764. The van der Waals surface area contributed by atoms with E-state index >= 15 is 0 Å². The van der Waals surface area contributed by atoms with Crippen LogP contribution in [0.25, 0.3) is 0 Å². The predicted molar refractivity (Wildman–Crippen MR) is 81.7 cm³/mol. The van der Waals surface area contributed by atoms with E-state index < -0.39 is 23.8 Å². The van der Waals surface area contributed by atoms with Gasteiger partial charge in [0.15, 0.2) is 0 Å². The predicted octanol–water partition coefficient (Wildman–Crippen LogP) is 3.18. The summed E-state index contributed by atoms with van der Waals surface area (Å²) < 4.78 is 42.5. The van der Waals surface area contributed by atoms with Crippen LogP contribution in [-0.2, 0) is 6.18 Å². The molecule has 4 nitrogen and oxygen atoms in total. The van der Waals surface area contributed by atoms with Crippen molar-refractivity contribution < 1.29 is 27.8 Å². The molecule has 0 radical (unpaired) electrons. The summed E-state index contributed by atoms with van der Waals surface area (Å²) in [5.74, 6) is 0.00582. The highest BCUT2D eigenvalue weighted by atomic mass is 19.4. The van der Waals surface area contributed by atoms with Crippen LogP contribution < -0.4 is 10.1 Å². The van der Waals surface area contributed by atoms with Gasteiger partial charge < -0.3 is 15.2 Å². The standard InChI is InChI=1S/C17H16F3NO3/c1-24-14-4-2-3-12(9-14)15(22)10-21-16(23)11-5-7-13(8-6-11)17(18,19)20/h2-9,15,22H,10H2,1H3,(H,21,23). The minimum atomic E-state index is -4.45. The van der Waals surface area contributed by atoms with Gasteiger partial charge in [0.05, 0.1) is 18.8 Å². The summed E-state index contributed by atoms with van der Waals surface area (Å²) in [6.07, 6.45) is -5.41. The Kier molecular flexibility index (Phi) is 5.46. The van der Waals surface area contributed by atoms with Gasteiger partial charge in [-0.3, -0.25) is 4.79 Å². The highest BCUT2D eigenvalue weighted by molar-refractivity contribution is 5.94. The molecule has 24 heavy (non-hydrogen) atoms. The number of nitrogens with one attached hydrogen (secondary N) is 1. The molecule has 7 heteroatoms. The normalized spacial score (nSPS) is 12.5. The van der Waals surface area contributed by atoms with Gasteiger partial charge in [-0.1, -0.05) is 12.1 Å². The number of rotatable bonds is 5. The first kappa shape index (κ1) is 17.8. The summed E-state index contributed by atoms with van der Waals surface area (Å²) in [7, 11) is 1.50. The van der Waals surface area contributed by atoms with Gasteiger partial charge in [-0.05, 0) is 42.0 Å². The van der Waals surface area contributed by atoms with E-state index in [-0.39, 0.29) is 12.1 Å². The van der Waals surface area contributed by atoms with Gasteiger partial charge in [0.2, 0.25) is 0 Å². The van der Waals surface area contributed by atoms with Gasteiger partial charge in [-0.25, -0.2) is 0 Å². The number of methoxy groups -OCH3 is 1. The lowest BCUT2D eigenvalue weighted by atomic mass is 10.1. The molecule has 2 aromatic carbocycles. The number of hydrogen-bond acceptors (Lipinski definition) is 3. The van der Waals surface area contributed by atoms with Crippen LogP contribution in [0, 0.1) is 0 Å². The average molecular weight is 339 g/mol. The van der Waals surface area contributed by atoms with Crippen LogP contribution in [0.15, 0.2) is 48.5 Å². The van der Waals surface area contributed by atoms with Crippen LogP contribution in [-0.4, -0.2) is 24.7 Å². The van der Waals surface area contributed by atoms with E-state index in [0.29, 0.717) is 11.3 Å². The zero-order valence-electron chi connectivity index (χ0n) is 12.8. The first-order valence-electron chi connectivity index (χ1n) is 7.08. The average Bonchev–Trinajstić information content (AvgIpc) is 2.58. The Morgan fingerprint density at radius 2 is 1.88 bits per heavy atom. The summed E-state index contributed by atoms with van der Waals surface area (Å²) in [5, 5.41) is 12.5. The molecule has 1 amide bonds. The lowest BCUT2D eigenvalue weighted by molar-refractivity contribution is -0.137. The lowest BCUT2D eigenvalue weighted by Gasteiger charge is -2.13. The van der Waals surface area contributed by atoms with E-state index in [9.17, 15) is 23.1 Å². The monoisotopic (exact) mass is 339 g/mol. The largest absolute Gasteiger partial charge is 0.497 e. The van der Waals surface area contributed by atoms with Crippen LogP contribution in [0.1, 0.15) is 27.6 Å². The van der Waals surface area contributed by atoms with Crippen molar-refractivity contribution in [3.63, 3.8) is 0 Å². The number of aliphatic hydroxyl groups is 1. The van der Waals surface area contributed by atoms with Crippen LogP contribution in [0.3, 0.4) is 0 Å². The van der Waals surface area contributed by atoms with Crippen molar-refractivity contribution in [2.45, 2.75) is 12.3 Å². The number of hydrogen-bond donors (Lipinski definition) is 2. The molecule has 0 saturated carbocycles. The van der Waals surface area contributed by atoms with Crippen molar-refractivity contribution in [1.29, 1.82) is 0 Å². The molecule has 0 bridgehead atoms. The zero-order chi connectivity index (χ0) is 17.7. The molecular weight excluding hydrogens is 323 g/mol. The second-order valence-corrected chi connectivity index (χ2v) is 5.08. The molecule has 2 rings (SSSR count). The number of benzene rings is 2. The van der Waals surface area contributed by atoms with Crippen LogP contribution in [0.2, 0.25) is 0 Å². The molecule has 0 saturated heterocycles. The van der Waals surface area contributed by atoms with Crippen molar-refractivity contribution >= 4 is 5.91 Å². The third-order valence-electron chi connectivity index (χ3n) is 3.41. The van der Waals surface area contributed by atoms with Crippen molar-refractivity contribution in [2.75, 3.05) is 13.7 Å². The third kappa shape index (κ3) is 4.48. The Morgan fingerprint density at radius 1 is 1.21 bits per heavy atom. The van der Waals surface area contributed by atoms with E-state index in [0.717, 1.165) is 24.3 Å². The number of halogens is 3. The van der Waals surface area contributed by atoms with Gasteiger partial charge in [0, 0.05) is 12.1 Å². The van der Waals surface area contributed by atoms with Gasteiger partial charge in [-0.15, -0.1) is 0 Å². The second-order valence-electron chi connectivity index (χ2n) is 5.08. The molecule has 2 N–H and O–H groups in total. The molecule has 0 aliphatic rings. The second kappa shape index (κ2) is 7.35. The molecular formula is C17H16F3NO3. The number of ether oxygens (including phenoxy) is 1. The molecule has 2 aromatic rings. The highest BCUT2D eigenvalue weighted by Crippen LogP contribution is 2.29. The van der Waals surface area contributed by atoms with E-state index in [1.807, 2.05) is 0 Å². The molecule has 0 heterocycles. The van der Waals surface area contributed by atoms with Crippen molar-refractivity contribution in [1.82, 2.24) is 5.32 Å². The number of aliphatic hydroxyl groups excluding tert-OH is 1. The Labute approximate surface area is 136 Å². The van der Waals surface area contributed by atoms with E-state index in [4.69, 9.17) is 4.74 Å². The molecule has 0 aromatic heterocycles. The molecule has 0 aliphatic heterocycles. The molecule has 1 unspecified atom stereocenters. The van der Waals surface area contributed by atoms with E-state index in [2.05, 4.69) is 5.32 Å². The molecule has 0 aliphatic carbocycles. The smallest absolute Gasteiger partial charge is 0.416 e. The maximum absolute atomic E-state index is 12.5. The van der Waals surface area contributed by atoms with Crippen LogP contribution in [0.5, 0.6) is 5.75 Å². The van der Waals surface area contributed by atoms with E-state index in [1.54, 1.807) is 24.3 Å². The summed E-state index contributed by atoms with van der Waals surface area (Å²) in [6, 6.07) is 10.6. The van der Waals surface area contributed by atoms with Gasteiger partial charge in [0.1, 0.15) is 5.75 Å². The Morgan fingerprint density at radius 3 is 2.46 bits per heavy atom. The van der Waals surface area contributed by atoms with Crippen molar-refractivity contribution in [2.24, 2.45) is 0 Å². The summed E-state index contributed by atoms with van der Waals surface area (Å²) in [4.78, 5) is 11.9. The van der Waals surface area contributed by atoms with Crippen molar-refractivity contribution in [3.8, 4) is 5.75 Å². The maximum Gasteiger partial charge on any atom is 0.416 e. The minimum Gasteiger partial charge on any atom is -0.497 e. The third-order valence-corrected chi connectivity index (χ3v) is 3.41. The lowest BCUT2D eigenvalue weighted by Crippen LogP contribution is -2.28. The number of carbonyl (C=O) groups excluding carboxylic acids is 1.